The maximum absolute atomic E-state index is 12.7. The van der Waals surface area contributed by atoms with Crippen molar-refractivity contribution < 1.29 is 36.2 Å². The maximum atomic E-state index is 12.7. The highest BCUT2D eigenvalue weighted by Crippen LogP contribution is 2.36. The van der Waals surface area contributed by atoms with E-state index in [9.17, 15) is 26.7 Å². The smallest absolute Gasteiger partial charge is 0.417 e. The fourth-order valence-corrected chi connectivity index (χ4v) is 1.37. The van der Waals surface area contributed by atoms with E-state index in [1.165, 1.54) is 6.07 Å². The van der Waals surface area contributed by atoms with E-state index < -0.39 is 41.2 Å². The van der Waals surface area contributed by atoms with Crippen LogP contribution in [0, 0.1) is 11.3 Å². The van der Waals surface area contributed by atoms with Gasteiger partial charge in [-0.05, 0) is 12.1 Å². The summed E-state index contributed by atoms with van der Waals surface area (Å²) in [6.07, 6.45) is -4.96. The molecule has 0 aromatic heterocycles. The highest BCUT2D eigenvalue weighted by Gasteiger charge is 2.36. The monoisotopic (exact) mass is 295 g/mol. The molecular weight excluding hydrogens is 289 g/mol. The van der Waals surface area contributed by atoms with E-state index in [4.69, 9.17) is 5.26 Å². The van der Waals surface area contributed by atoms with Gasteiger partial charge >= 0.3 is 18.8 Å². The zero-order valence-corrected chi connectivity index (χ0v) is 9.79. The van der Waals surface area contributed by atoms with Crippen molar-refractivity contribution in [1.82, 2.24) is 0 Å². The Hall–Kier alpha value is -2.37. The van der Waals surface area contributed by atoms with Crippen molar-refractivity contribution >= 4 is 5.97 Å². The number of rotatable bonds is 3. The third-order valence-corrected chi connectivity index (χ3v) is 2.17. The summed E-state index contributed by atoms with van der Waals surface area (Å²) in [7, 11) is 0.901. The van der Waals surface area contributed by atoms with Gasteiger partial charge in [0.2, 0.25) is 0 Å². The Morgan fingerprint density at radius 2 is 1.95 bits per heavy atom. The summed E-state index contributed by atoms with van der Waals surface area (Å²) in [5, 5.41) is 8.64. The van der Waals surface area contributed by atoms with Crippen molar-refractivity contribution in [1.29, 1.82) is 5.26 Å². The molecule has 0 fully saturated rings. The predicted octanol–water partition coefficient (Wildman–Crippen LogP) is 2.97. The lowest BCUT2D eigenvalue weighted by Gasteiger charge is -2.14. The van der Waals surface area contributed by atoms with E-state index in [0.717, 1.165) is 7.11 Å². The largest absolute Gasteiger partial charge is 0.465 e. The van der Waals surface area contributed by atoms with Gasteiger partial charge in [-0.2, -0.15) is 27.2 Å². The first-order valence-electron chi connectivity index (χ1n) is 4.89. The van der Waals surface area contributed by atoms with Gasteiger partial charge in [-0.1, -0.05) is 0 Å². The molecule has 0 atom stereocenters. The zero-order valence-electron chi connectivity index (χ0n) is 9.79. The predicted molar refractivity (Wildman–Crippen MR) is 54.1 cm³/mol. The van der Waals surface area contributed by atoms with E-state index >= 15 is 0 Å². The van der Waals surface area contributed by atoms with Crippen LogP contribution in [0.2, 0.25) is 0 Å². The van der Waals surface area contributed by atoms with Crippen LogP contribution >= 0.6 is 0 Å². The van der Waals surface area contributed by atoms with E-state index in [2.05, 4.69) is 9.47 Å². The standard InChI is InChI=1S/C11H6F5NO3/c1-19-9(18)6-2-5(4-17)7(11(14,15)16)3-8(6)20-10(12)13/h2-3,10H,1H3. The van der Waals surface area contributed by atoms with Crippen LogP contribution in [0.5, 0.6) is 5.75 Å². The first-order valence-corrected chi connectivity index (χ1v) is 4.89. The lowest BCUT2D eigenvalue weighted by atomic mass is 10.0. The Morgan fingerprint density at radius 1 is 1.35 bits per heavy atom. The minimum atomic E-state index is -4.96. The number of alkyl halides is 5. The Morgan fingerprint density at radius 3 is 2.35 bits per heavy atom. The molecular formula is C11H6F5NO3. The van der Waals surface area contributed by atoms with Crippen LogP contribution in [0.25, 0.3) is 0 Å². The van der Waals surface area contributed by atoms with Crippen LogP contribution in [0.3, 0.4) is 0 Å². The average molecular weight is 295 g/mol. The van der Waals surface area contributed by atoms with Crippen molar-refractivity contribution in [2.75, 3.05) is 7.11 Å². The SMILES string of the molecule is COC(=O)c1cc(C#N)c(C(F)(F)F)cc1OC(F)F. The molecule has 9 heteroatoms. The lowest BCUT2D eigenvalue weighted by Crippen LogP contribution is -2.14. The summed E-state index contributed by atoms with van der Waals surface area (Å²) in [6.45, 7) is -3.44. The van der Waals surface area contributed by atoms with E-state index in [0.29, 0.717) is 6.07 Å². The normalized spacial score (nSPS) is 11.1. The van der Waals surface area contributed by atoms with Gasteiger partial charge in [-0.25, -0.2) is 4.79 Å². The molecule has 0 bridgehead atoms. The van der Waals surface area contributed by atoms with Gasteiger partial charge in [0.15, 0.2) is 0 Å². The maximum Gasteiger partial charge on any atom is 0.417 e. The van der Waals surface area contributed by atoms with E-state index in [-0.39, 0.29) is 6.07 Å². The second kappa shape index (κ2) is 5.73. The van der Waals surface area contributed by atoms with Gasteiger partial charge < -0.3 is 9.47 Å². The Kier molecular flexibility index (Phi) is 4.49. The first kappa shape index (κ1) is 15.7. The van der Waals surface area contributed by atoms with Gasteiger partial charge in [0.05, 0.1) is 24.3 Å². The minimum Gasteiger partial charge on any atom is -0.465 e. The molecule has 1 aromatic carbocycles. The Bertz CT molecular complexity index is 562. The molecule has 1 aromatic rings. The molecule has 0 N–H and O–H groups in total. The lowest BCUT2D eigenvalue weighted by molar-refractivity contribution is -0.138. The van der Waals surface area contributed by atoms with Crippen LogP contribution in [0.4, 0.5) is 22.0 Å². The number of carbonyl (C=O) groups excluding carboxylic acids is 1. The first-order chi connectivity index (χ1) is 9.20. The highest BCUT2D eigenvalue weighted by molar-refractivity contribution is 5.93. The average Bonchev–Trinajstić information content (AvgIpc) is 2.35. The second-order valence-electron chi connectivity index (χ2n) is 3.37. The molecule has 0 saturated carbocycles. The fraction of sp³-hybridized carbons (Fsp3) is 0.273. The quantitative estimate of drug-likeness (QED) is 0.635. The van der Waals surface area contributed by atoms with Crippen molar-refractivity contribution in [2.24, 2.45) is 0 Å². The fourth-order valence-electron chi connectivity index (χ4n) is 1.37. The number of nitrogens with zero attached hydrogens (tertiary/aromatic N) is 1. The number of esters is 1. The number of benzene rings is 1. The summed E-state index contributed by atoms with van der Waals surface area (Å²) in [5.41, 5.74) is -3.08. The third kappa shape index (κ3) is 3.34. The van der Waals surface area contributed by atoms with Crippen LogP contribution in [0.15, 0.2) is 12.1 Å². The molecule has 0 aliphatic carbocycles. The van der Waals surface area contributed by atoms with E-state index in [1.807, 2.05) is 0 Å². The molecule has 4 nitrogen and oxygen atoms in total. The van der Waals surface area contributed by atoms with Crippen molar-refractivity contribution in [3.05, 3.63) is 28.8 Å². The number of methoxy groups -OCH3 is 1. The van der Waals surface area contributed by atoms with Gasteiger partial charge in [-0.3, -0.25) is 0 Å². The van der Waals surface area contributed by atoms with E-state index in [1.54, 1.807) is 0 Å². The molecule has 0 aliphatic heterocycles. The molecule has 0 amide bonds. The van der Waals surface area contributed by atoms with Crippen LogP contribution in [-0.2, 0) is 10.9 Å². The van der Waals surface area contributed by atoms with Gasteiger partial charge in [-0.15, -0.1) is 0 Å². The topological polar surface area (TPSA) is 59.3 Å². The number of carbonyl (C=O) groups is 1. The summed E-state index contributed by atoms with van der Waals surface area (Å²) in [5.74, 6) is -2.22. The zero-order chi connectivity index (χ0) is 15.5. The molecule has 0 heterocycles. The number of nitriles is 1. The second-order valence-corrected chi connectivity index (χ2v) is 3.37. The molecule has 1 rings (SSSR count). The Balaban J connectivity index is 3.54. The van der Waals surface area contributed by atoms with Crippen molar-refractivity contribution in [3.63, 3.8) is 0 Å². The third-order valence-electron chi connectivity index (χ3n) is 2.17. The number of hydrogen-bond donors (Lipinski definition) is 0. The molecule has 0 saturated heterocycles. The number of halogens is 5. The minimum absolute atomic E-state index is 0.164. The summed E-state index contributed by atoms with van der Waals surface area (Å²) in [6, 6.07) is 1.89. The van der Waals surface area contributed by atoms with Crippen LogP contribution < -0.4 is 4.74 Å². The Labute approximate surface area is 109 Å². The van der Waals surface area contributed by atoms with Gasteiger partial charge in [0.25, 0.3) is 0 Å². The number of ether oxygens (including phenoxy) is 2. The van der Waals surface area contributed by atoms with Crippen LogP contribution in [0.1, 0.15) is 21.5 Å². The molecule has 0 unspecified atom stereocenters. The summed E-state index contributed by atoms with van der Waals surface area (Å²) >= 11 is 0. The summed E-state index contributed by atoms with van der Waals surface area (Å²) in [4.78, 5) is 11.3. The molecule has 0 aliphatic rings. The van der Waals surface area contributed by atoms with Crippen molar-refractivity contribution in [2.45, 2.75) is 12.8 Å². The number of hydrogen-bond acceptors (Lipinski definition) is 4. The van der Waals surface area contributed by atoms with Crippen molar-refractivity contribution in [3.8, 4) is 11.8 Å². The molecule has 108 valence electrons. The molecule has 0 spiro atoms. The molecule has 0 radical (unpaired) electrons. The highest BCUT2D eigenvalue weighted by atomic mass is 19.4. The van der Waals surface area contributed by atoms with Crippen LogP contribution in [-0.4, -0.2) is 19.7 Å². The van der Waals surface area contributed by atoms with Gasteiger partial charge in [0.1, 0.15) is 11.3 Å². The molecule has 20 heavy (non-hydrogen) atoms. The summed E-state index contributed by atoms with van der Waals surface area (Å²) < 4.78 is 70.4. The van der Waals surface area contributed by atoms with Gasteiger partial charge in [0, 0.05) is 0 Å².